The minimum atomic E-state index is -1.86. The van der Waals surface area contributed by atoms with Crippen molar-refractivity contribution in [2.45, 2.75) is 25.4 Å². The van der Waals surface area contributed by atoms with Crippen molar-refractivity contribution in [1.29, 1.82) is 0 Å². The number of carbonyl (C=O) groups is 4. The molecule has 1 aromatic carbocycles. The molecule has 13 heteroatoms. The molecule has 3 amide bonds. The zero-order chi connectivity index (χ0) is 22.3. The number of primary amides is 1. The minimum Gasteiger partial charge on any atom is -0.479 e. The first-order valence-electron chi connectivity index (χ1n) is 7.99. The van der Waals surface area contributed by atoms with Crippen LogP contribution in [0.4, 0.5) is 17.6 Å². The molecule has 0 saturated carbocycles. The molecule has 1 rings (SSSR count). The Balaban J connectivity index is 2.82. The summed E-state index contributed by atoms with van der Waals surface area (Å²) >= 11 is 0. The minimum absolute atomic E-state index is 0.0457. The molecule has 0 aliphatic rings. The van der Waals surface area contributed by atoms with Gasteiger partial charge in [-0.3, -0.25) is 19.2 Å². The number of ketones is 1. The summed E-state index contributed by atoms with van der Waals surface area (Å²) in [4.78, 5) is 46.0. The third kappa shape index (κ3) is 6.41. The molecule has 1 aromatic rings. The molecule has 0 bridgehead atoms. The molecule has 29 heavy (non-hydrogen) atoms. The van der Waals surface area contributed by atoms with Crippen molar-refractivity contribution in [1.82, 2.24) is 10.6 Å². The van der Waals surface area contributed by atoms with Gasteiger partial charge < -0.3 is 26.2 Å². The van der Waals surface area contributed by atoms with Crippen LogP contribution in [0.3, 0.4) is 0 Å². The molecule has 0 saturated heterocycles. The van der Waals surface area contributed by atoms with E-state index < -0.39 is 77.8 Å². The van der Waals surface area contributed by atoms with Gasteiger partial charge >= 0.3 is 11.8 Å². The standard InChI is InChI=1S/C16H17F4N3O6/c1-6(22-16(28)14(21)26)15(27)23-9(2-3-24)10(25)5-29-13-11(19)7(17)4-8(18)12(13)20/h4,6,9,24H,2-3,5H2,1H3,(H2,21,26)(H,22,28)(H,23,27)/t6-,9-/m0/s1. The van der Waals surface area contributed by atoms with E-state index in [1.54, 1.807) is 0 Å². The van der Waals surface area contributed by atoms with Crippen LogP contribution in [0, 0.1) is 23.3 Å². The first-order chi connectivity index (χ1) is 13.5. The Bertz CT molecular complexity index is 794. The van der Waals surface area contributed by atoms with Crippen LogP contribution < -0.4 is 21.1 Å². The molecular weight excluding hydrogens is 406 g/mol. The second kappa shape index (κ2) is 10.4. The van der Waals surface area contributed by atoms with E-state index in [1.165, 1.54) is 0 Å². The van der Waals surface area contributed by atoms with Crippen molar-refractivity contribution < 1.29 is 46.6 Å². The Kier molecular flexibility index (Phi) is 8.51. The van der Waals surface area contributed by atoms with Crippen LogP contribution in [0.25, 0.3) is 0 Å². The summed E-state index contributed by atoms with van der Waals surface area (Å²) in [7, 11) is 0. The van der Waals surface area contributed by atoms with Gasteiger partial charge in [0.15, 0.2) is 23.2 Å². The summed E-state index contributed by atoms with van der Waals surface area (Å²) in [6, 6.07) is -2.79. The zero-order valence-electron chi connectivity index (χ0n) is 14.9. The summed E-state index contributed by atoms with van der Waals surface area (Å²) in [5, 5.41) is 13.1. The van der Waals surface area contributed by atoms with Crippen LogP contribution in [0.5, 0.6) is 5.75 Å². The van der Waals surface area contributed by atoms with Crippen molar-refractivity contribution in [2.75, 3.05) is 13.2 Å². The van der Waals surface area contributed by atoms with Gasteiger partial charge in [-0.25, -0.2) is 8.78 Å². The van der Waals surface area contributed by atoms with E-state index in [0.717, 1.165) is 6.92 Å². The van der Waals surface area contributed by atoms with Gasteiger partial charge in [-0.05, 0) is 13.3 Å². The van der Waals surface area contributed by atoms with Crippen LogP contribution in [-0.2, 0) is 19.2 Å². The van der Waals surface area contributed by atoms with Crippen LogP contribution >= 0.6 is 0 Å². The van der Waals surface area contributed by atoms with E-state index in [1.807, 2.05) is 5.32 Å². The lowest BCUT2D eigenvalue weighted by molar-refractivity contribution is -0.139. The SMILES string of the molecule is C[C@H](NC(=O)C(N)=O)C(=O)N[C@@H](CCO)C(=O)COc1c(F)c(F)cc(F)c1F. The largest absolute Gasteiger partial charge is 0.479 e. The Morgan fingerprint density at radius 3 is 2.14 bits per heavy atom. The Labute approximate surface area is 161 Å². The number of rotatable bonds is 9. The Morgan fingerprint density at radius 1 is 1.10 bits per heavy atom. The van der Waals surface area contributed by atoms with Gasteiger partial charge in [0.2, 0.25) is 17.5 Å². The van der Waals surface area contributed by atoms with Gasteiger partial charge in [0.05, 0.1) is 6.04 Å². The topological polar surface area (TPSA) is 148 Å². The fourth-order valence-corrected chi connectivity index (χ4v) is 1.99. The maximum atomic E-state index is 13.5. The fourth-order valence-electron chi connectivity index (χ4n) is 1.99. The van der Waals surface area contributed by atoms with Gasteiger partial charge in [-0.15, -0.1) is 0 Å². The average Bonchev–Trinajstić information content (AvgIpc) is 2.65. The molecule has 0 heterocycles. The summed E-state index contributed by atoms with van der Waals surface area (Å²) in [6.45, 7) is -0.548. The van der Waals surface area contributed by atoms with Crippen LogP contribution in [0.1, 0.15) is 13.3 Å². The van der Waals surface area contributed by atoms with Gasteiger partial charge in [-0.2, -0.15) is 8.78 Å². The predicted octanol–water partition coefficient (Wildman–Crippen LogP) is -0.952. The second-order valence-electron chi connectivity index (χ2n) is 5.69. The van der Waals surface area contributed by atoms with Crippen LogP contribution in [0.15, 0.2) is 6.07 Å². The number of carbonyl (C=O) groups excluding carboxylic acids is 4. The zero-order valence-corrected chi connectivity index (χ0v) is 14.9. The maximum absolute atomic E-state index is 13.5. The van der Waals surface area contributed by atoms with E-state index in [0.29, 0.717) is 0 Å². The van der Waals surface area contributed by atoms with E-state index in [-0.39, 0.29) is 12.5 Å². The van der Waals surface area contributed by atoms with E-state index in [9.17, 15) is 36.7 Å². The van der Waals surface area contributed by atoms with Crippen LogP contribution in [0.2, 0.25) is 0 Å². The summed E-state index contributed by atoms with van der Waals surface area (Å²) in [6.07, 6.45) is -0.354. The number of benzene rings is 1. The molecule has 2 atom stereocenters. The molecule has 9 nitrogen and oxygen atoms in total. The van der Waals surface area contributed by atoms with Crippen molar-refractivity contribution >= 4 is 23.5 Å². The Hall–Kier alpha value is -3.22. The lowest BCUT2D eigenvalue weighted by atomic mass is 10.1. The number of nitrogens with two attached hydrogens (primary N) is 1. The van der Waals surface area contributed by atoms with E-state index >= 15 is 0 Å². The molecule has 0 fully saturated rings. The maximum Gasteiger partial charge on any atom is 0.309 e. The number of nitrogens with one attached hydrogen (secondary N) is 2. The van der Waals surface area contributed by atoms with Gasteiger partial charge in [0, 0.05) is 12.7 Å². The lowest BCUT2D eigenvalue weighted by Gasteiger charge is -2.20. The Morgan fingerprint density at radius 2 is 1.66 bits per heavy atom. The first kappa shape index (κ1) is 23.8. The highest BCUT2D eigenvalue weighted by atomic mass is 19.2. The van der Waals surface area contributed by atoms with E-state index in [4.69, 9.17) is 10.8 Å². The number of halogens is 4. The van der Waals surface area contributed by atoms with E-state index in [2.05, 4.69) is 10.1 Å². The highest BCUT2D eigenvalue weighted by molar-refractivity contribution is 6.34. The number of hydrogen-bond acceptors (Lipinski definition) is 6. The monoisotopic (exact) mass is 423 g/mol. The number of Topliss-reactive ketones (excluding diaryl/α,β-unsaturated/α-hetero) is 1. The van der Waals surface area contributed by atoms with Crippen molar-refractivity contribution in [3.05, 3.63) is 29.3 Å². The smallest absolute Gasteiger partial charge is 0.309 e. The number of hydrogen-bond donors (Lipinski definition) is 4. The summed E-state index contributed by atoms with van der Waals surface area (Å²) < 4.78 is 57.9. The molecule has 0 aliphatic carbocycles. The lowest BCUT2D eigenvalue weighted by Crippen LogP contribution is -2.53. The van der Waals surface area contributed by atoms with Gasteiger partial charge in [0.25, 0.3) is 0 Å². The number of aliphatic hydroxyl groups excluding tert-OH is 1. The molecule has 0 unspecified atom stereocenters. The highest BCUT2D eigenvalue weighted by Gasteiger charge is 2.27. The molecule has 0 radical (unpaired) electrons. The molecule has 5 N–H and O–H groups in total. The highest BCUT2D eigenvalue weighted by Crippen LogP contribution is 2.26. The molecule has 0 aliphatic heterocycles. The normalized spacial score (nSPS) is 12.6. The molecule has 0 aromatic heterocycles. The molecule has 0 spiro atoms. The van der Waals surface area contributed by atoms with Crippen LogP contribution in [-0.4, -0.2) is 53.9 Å². The third-order valence-corrected chi connectivity index (χ3v) is 3.52. The first-order valence-corrected chi connectivity index (χ1v) is 7.99. The summed E-state index contributed by atoms with van der Waals surface area (Å²) in [5.74, 6) is -13.3. The van der Waals surface area contributed by atoms with Gasteiger partial charge in [-0.1, -0.05) is 0 Å². The molecule has 160 valence electrons. The number of ether oxygens (including phenoxy) is 1. The van der Waals surface area contributed by atoms with Crippen molar-refractivity contribution in [3.63, 3.8) is 0 Å². The second-order valence-corrected chi connectivity index (χ2v) is 5.69. The number of aliphatic hydroxyl groups is 1. The van der Waals surface area contributed by atoms with Crippen molar-refractivity contribution in [3.8, 4) is 5.75 Å². The number of amides is 3. The quantitative estimate of drug-likeness (QED) is 0.229. The third-order valence-electron chi connectivity index (χ3n) is 3.52. The predicted molar refractivity (Wildman–Crippen MR) is 87.2 cm³/mol. The summed E-state index contributed by atoms with van der Waals surface area (Å²) in [5.41, 5.74) is 4.72. The van der Waals surface area contributed by atoms with Crippen molar-refractivity contribution in [2.24, 2.45) is 5.73 Å². The average molecular weight is 423 g/mol. The van der Waals surface area contributed by atoms with Gasteiger partial charge in [0.1, 0.15) is 12.6 Å². The molecular formula is C16H17F4N3O6. The fraction of sp³-hybridized carbons (Fsp3) is 0.375.